The number of halogens is 1. The average Bonchev–Trinajstić information content (AvgIpc) is 2.74. The normalized spacial score (nSPS) is 16.8. The van der Waals surface area contributed by atoms with Gasteiger partial charge in [-0.2, -0.15) is 0 Å². The van der Waals surface area contributed by atoms with Crippen LogP contribution in [0.25, 0.3) is 0 Å². The van der Waals surface area contributed by atoms with Gasteiger partial charge in [0.2, 0.25) is 0 Å². The zero-order chi connectivity index (χ0) is 8.39. The topological polar surface area (TPSA) is 30.7 Å². The summed E-state index contributed by atoms with van der Waals surface area (Å²) in [6.07, 6.45) is 5.53. The Morgan fingerprint density at radius 2 is 2.42 bits per heavy atom. The molecule has 0 aliphatic heterocycles. The van der Waals surface area contributed by atoms with E-state index in [1.807, 2.05) is 10.9 Å². The minimum Gasteiger partial charge on any atom is -0.252 e. The first-order valence-corrected chi connectivity index (χ1v) is 4.87. The molecule has 0 saturated heterocycles. The summed E-state index contributed by atoms with van der Waals surface area (Å²) < 4.78 is 1.93. The molecule has 0 aromatic carbocycles. The Balaban J connectivity index is 1.92. The first-order valence-electron chi connectivity index (χ1n) is 4.33. The maximum atomic E-state index is 5.59. The number of nitrogens with zero attached hydrogens (tertiary/aromatic N) is 3. The maximum absolute atomic E-state index is 5.59. The van der Waals surface area contributed by atoms with Gasteiger partial charge < -0.3 is 0 Å². The van der Waals surface area contributed by atoms with Crippen molar-refractivity contribution in [3.8, 4) is 0 Å². The van der Waals surface area contributed by atoms with Crippen LogP contribution in [0.1, 0.15) is 18.5 Å². The Bertz CT molecular complexity index is 255. The molecule has 1 aliphatic rings. The van der Waals surface area contributed by atoms with E-state index in [1.54, 1.807) is 0 Å². The van der Waals surface area contributed by atoms with Crippen LogP contribution in [0.2, 0.25) is 0 Å². The standard InChI is InChI=1S/C8H12ClN3/c9-4-3-8-6-12(11-10-8)5-7-1-2-7/h6-7H,1-5H2. The van der Waals surface area contributed by atoms with Crippen LogP contribution in [-0.2, 0) is 13.0 Å². The minimum atomic E-state index is 0.627. The van der Waals surface area contributed by atoms with Crippen LogP contribution in [0, 0.1) is 5.92 Å². The van der Waals surface area contributed by atoms with Crippen LogP contribution in [0.4, 0.5) is 0 Å². The first kappa shape index (κ1) is 8.05. The summed E-state index contributed by atoms with van der Waals surface area (Å²) in [7, 11) is 0. The number of hydrogen-bond acceptors (Lipinski definition) is 2. The quantitative estimate of drug-likeness (QED) is 0.666. The molecule has 0 atom stereocenters. The van der Waals surface area contributed by atoms with Crippen molar-refractivity contribution in [2.24, 2.45) is 5.92 Å². The summed E-state index contributed by atoms with van der Waals surface area (Å²) >= 11 is 5.59. The van der Waals surface area contributed by atoms with Gasteiger partial charge in [-0.05, 0) is 18.8 Å². The van der Waals surface area contributed by atoms with E-state index in [-0.39, 0.29) is 0 Å². The summed E-state index contributed by atoms with van der Waals surface area (Å²) in [6, 6.07) is 0. The second kappa shape index (κ2) is 3.44. The van der Waals surface area contributed by atoms with Gasteiger partial charge in [0.15, 0.2) is 0 Å². The molecule has 0 unspecified atom stereocenters. The molecule has 1 aromatic heterocycles. The lowest BCUT2D eigenvalue weighted by Gasteiger charge is -1.94. The van der Waals surface area contributed by atoms with E-state index in [0.717, 1.165) is 24.6 Å². The molecule has 1 fully saturated rings. The van der Waals surface area contributed by atoms with Crippen molar-refractivity contribution in [3.05, 3.63) is 11.9 Å². The molecule has 1 heterocycles. The highest BCUT2D eigenvalue weighted by Gasteiger charge is 2.22. The van der Waals surface area contributed by atoms with Gasteiger partial charge in [-0.25, -0.2) is 0 Å². The lowest BCUT2D eigenvalue weighted by Crippen LogP contribution is -1.99. The highest BCUT2D eigenvalue weighted by molar-refractivity contribution is 6.17. The smallest absolute Gasteiger partial charge is 0.0839 e. The number of rotatable bonds is 4. The molecule has 1 saturated carbocycles. The Labute approximate surface area is 76.7 Å². The van der Waals surface area contributed by atoms with Gasteiger partial charge in [0, 0.05) is 25.0 Å². The second-order valence-electron chi connectivity index (χ2n) is 3.31. The molecule has 0 amide bonds. The van der Waals surface area contributed by atoms with Crippen molar-refractivity contribution in [1.82, 2.24) is 15.0 Å². The Morgan fingerprint density at radius 3 is 3.08 bits per heavy atom. The molecule has 3 nitrogen and oxygen atoms in total. The Morgan fingerprint density at radius 1 is 1.58 bits per heavy atom. The molecule has 0 radical (unpaired) electrons. The van der Waals surface area contributed by atoms with E-state index in [9.17, 15) is 0 Å². The fourth-order valence-electron chi connectivity index (χ4n) is 1.20. The summed E-state index contributed by atoms with van der Waals surface area (Å²) in [5.74, 6) is 1.48. The molecular formula is C8H12ClN3. The molecule has 0 bridgehead atoms. The Hall–Kier alpha value is -0.570. The van der Waals surface area contributed by atoms with Crippen LogP contribution in [0.15, 0.2) is 6.20 Å². The van der Waals surface area contributed by atoms with E-state index < -0.39 is 0 Å². The van der Waals surface area contributed by atoms with E-state index in [4.69, 9.17) is 11.6 Å². The van der Waals surface area contributed by atoms with E-state index >= 15 is 0 Å². The Kier molecular flexibility index (Phi) is 2.30. The highest BCUT2D eigenvalue weighted by Crippen LogP contribution is 2.30. The summed E-state index contributed by atoms with van der Waals surface area (Å²) in [6.45, 7) is 1.04. The van der Waals surface area contributed by atoms with Crippen LogP contribution in [-0.4, -0.2) is 20.9 Å². The van der Waals surface area contributed by atoms with Crippen molar-refractivity contribution < 1.29 is 0 Å². The third-order valence-electron chi connectivity index (χ3n) is 2.08. The van der Waals surface area contributed by atoms with Crippen molar-refractivity contribution in [1.29, 1.82) is 0 Å². The fourth-order valence-corrected chi connectivity index (χ4v) is 1.40. The minimum absolute atomic E-state index is 0.627. The second-order valence-corrected chi connectivity index (χ2v) is 3.69. The van der Waals surface area contributed by atoms with Crippen molar-refractivity contribution in [2.45, 2.75) is 25.8 Å². The van der Waals surface area contributed by atoms with Crippen molar-refractivity contribution in [3.63, 3.8) is 0 Å². The molecule has 0 N–H and O–H groups in total. The van der Waals surface area contributed by atoms with Crippen LogP contribution in [0.5, 0.6) is 0 Å². The summed E-state index contributed by atoms with van der Waals surface area (Å²) in [5, 5.41) is 8.04. The summed E-state index contributed by atoms with van der Waals surface area (Å²) in [5.41, 5.74) is 1.01. The fraction of sp³-hybridized carbons (Fsp3) is 0.750. The van der Waals surface area contributed by atoms with Gasteiger partial charge in [-0.1, -0.05) is 5.21 Å². The average molecular weight is 186 g/mol. The molecular weight excluding hydrogens is 174 g/mol. The van der Waals surface area contributed by atoms with E-state index in [2.05, 4.69) is 10.3 Å². The largest absolute Gasteiger partial charge is 0.252 e. The van der Waals surface area contributed by atoms with Gasteiger partial charge in [-0.15, -0.1) is 16.7 Å². The van der Waals surface area contributed by atoms with E-state index in [0.29, 0.717) is 5.88 Å². The van der Waals surface area contributed by atoms with Crippen molar-refractivity contribution >= 4 is 11.6 Å². The van der Waals surface area contributed by atoms with Gasteiger partial charge in [0.1, 0.15) is 0 Å². The van der Waals surface area contributed by atoms with E-state index in [1.165, 1.54) is 12.8 Å². The molecule has 0 spiro atoms. The number of aromatic nitrogens is 3. The maximum Gasteiger partial charge on any atom is 0.0839 e. The predicted octanol–water partition coefficient (Wildman–Crippen LogP) is 1.47. The zero-order valence-electron chi connectivity index (χ0n) is 6.91. The van der Waals surface area contributed by atoms with Crippen LogP contribution in [0.3, 0.4) is 0 Å². The number of aryl methyl sites for hydroxylation is 1. The molecule has 12 heavy (non-hydrogen) atoms. The van der Waals surface area contributed by atoms with Gasteiger partial charge in [0.25, 0.3) is 0 Å². The van der Waals surface area contributed by atoms with Gasteiger partial charge in [-0.3, -0.25) is 4.68 Å². The third-order valence-corrected chi connectivity index (χ3v) is 2.27. The van der Waals surface area contributed by atoms with Gasteiger partial charge in [0.05, 0.1) is 5.69 Å². The lowest BCUT2D eigenvalue weighted by atomic mass is 10.4. The molecule has 4 heteroatoms. The summed E-state index contributed by atoms with van der Waals surface area (Å²) in [4.78, 5) is 0. The number of alkyl halides is 1. The molecule has 1 aliphatic carbocycles. The lowest BCUT2D eigenvalue weighted by molar-refractivity contribution is 0.544. The van der Waals surface area contributed by atoms with Crippen molar-refractivity contribution in [2.75, 3.05) is 5.88 Å². The van der Waals surface area contributed by atoms with Gasteiger partial charge >= 0.3 is 0 Å². The van der Waals surface area contributed by atoms with Crippen LogP contribution < -0.4 is 0 Å². The molecule has 1 aromatic rings. The van der Waals surface area contributed by atoms with Crippen LogP contribution >= 0.6 is 11.6 Å². The predicted molar refractivity (Wildman–Crippen MR) is 47.2 cm³/mol. The molecule has 66 valence electrons. The zero-order valence-corrected chi connectivity index (χ0v) is 7.67. The molecule has 2 rings (SSSR count). The first-order chi connectivity index (χ1) is 5.88. The number of hydrogen-bond donors (Lipinski definition) is 0. The third kappa shape index (κ3) is 1.97. The SMILES string of the molecule is ClCCc1cn(CC2CC2)nn1. The highest BCUT2D eigenvalue weighted by atomic mass is 35.5. The monoisotopic (exact) mass is 185 g/mol.